The molecule has 1 unspecified atom stereocenters. The number of hydrogen-bond donors (Lipinski definition) is 1. The number of hydrogen-bond acceptors (Lipinski definition) is 4. The summed E-state index contributed by atoms with van der Waals surface area (Å²) in [4.78, 5) is 12.7. The average Bonchev–Trinajstić information content (AvgIpc) is 3.37. The van der Waals surface area contributed by atoms with Gasteiger partial charge >= 0.3 is 0 Å². The Morgan fingerprint density at radius 3 is 2.67 bits per heavy atom. The molecular formula is C22H19NO4. The van der Waals surface area contributed by atoms with Gasteiger partial charge in [-0.2, -0.15) is 0 Å². The second kappa shape index (κ2) is 7.41. The zero-order valence-electron chi connectivity index (χ0n) is 14.8. The number of carbonyl (C=O) groups is 1. The molecule has 0 aliphatic carbocycles. The Morgan fingerprint density at radius 2 is 1.93 bits per heavy atom. The van der Waals surface area contributed by atoms with Gasteiger partial charge in [-0.15, -0.1) is 0 Å². The molecule has 136 valence electrons. The van der Waals surface area contributed by atoms with Crippen molar-refractivity contribution in [2.45, 2.75) is 12.5 Å². The van der Waals surface area contributed by atoms with Gasteiger partial charge in [0.25, 0.3) is 0 Å². The molecule has 0 saturated carbocycles. The fraction of sp³-hybridized carbons (Fsp3) is 0.136. The highest BCUT2D eigenvalue weighted by Gasteiger charge is 2.20. The highest BCUT2D eigenvalue weighted by Crippen LogP contribution is 2.27. The van der Waals surface area contributed by atoms with E-state index in [4.69, 9.17) is 13.6 Å². The molecule has 2 heterocycles. The molecule has 0 spiro atoms. The Labute approximate surface area is 156 Å². The number of benzene rings is 2. The Kier molecular flexibility index (Phi) is 4.66. The summed E-state index contributed by atoms with van der Waals surface area (Å²) in [5, 5.41) is 3.97. The number of methoxy groups -OCH3 is 1. The second-order valence-corrected chi connectivity index (χ2v) is 6.23. The van der Waals surface area contributed by atoms with E-state index in [0.717, 1.165) is 22.3 Å². The van der Waals surface area contributed by atoms with Gasteiger partial charge in [-0.1, -0.05) is 30.3 Å². The van der Waals surface area contributed by atoms with Gasteiger partial charge in [0.05, 0.1) is 26.1 Å². The first-order valence-corrected chi connectivity index (χ1v) is 8.66. The molecule has 0 aliphatic heterocycles. The van der Waals surface area contributed by atoms with E-state index in [2.05, 4.69) is 5.32 Å². The van der Waals surface area contributed by atoms with Crippen LogP contribution in [0.5, 0.6) is 5.75 Å². The maximum atomic E-state index is 12.7. The van der Waals surface area contributed by atoms with Crippen LogP contribution < -0.4 is 10.1 Å². The fourth-order valence-electron chi connectivity index (χ4n) is 3.13. The lowest BCUT2D eigenvalue weighted by Crippen LogP contribution is -2.30. The maximum absolute atomic E-state index is 12.7. The monoisotopic (exact) mass is 361 g/mol. The highest BCUT2D eigenvalue weighted by atomic mass is 16.5. The smallest absolute Gasteiger partial charge is 0.225 e. The largest absolute Gasteiger partial charge is 0.497 e. The second-order valence-electron chi connectivity index (χ2n) is 6.23. The minimum Gasteiger partial charge on any atom is -0.497 e. The third kappa shape index (κ3) is 3.58. The minimum absolute atomic E-state index is 0.112. The first-order valence-electron chi connectivity index (χ1n) is 8.66. The first kappa shape index (κ1) is 17.0. The van der Waals surface area contributed by atoms with E-state index in [1.165, 1.54) is 0 Å². The van der Waals surface area contributed by atoms with Crippen LogP contribution in [0.4, 0.5) is 0 Å². The van der Waals surface area contributed by atoms with Crippen LogP contribution in [-0.4, -0.2) is 13.0 Å². The van der Waals surface area contributed by atoms with Gasteiger partial charge in [0.1, 0.15) is 23.1 Å². The van der Waals surface area contributed by atoms with Gasteiger partial charge in [-0.05, 0) is 29.8 Å². The molecular weight excluding hydrogens is 342 g/mol. The summed E-state index contributed by atoms with van der Waals surface area (Å²) in [5.41, 5.74) is 2.49. The molecule has 5 heteroatoms. The molecule has 2 aromatic carbocycles. The van der Waals surface area contributed by atoms with Crippen LogP contribution in [0.2, 0.25) is 0 Å². The minimum atomic E-state index is -0.341. The van der Waals surface area contributed by atoms with E-state index in [9.17, 15) is 4.79 Å². The van der Waals surface area contributed by atoms with Crippen molar-refractivity contribution in [3.8, 4) is 5.75 Å². The van der Waals surface area contributed by atoms with Crippen LogP contribution in [0.3, 0.4) is 0 Å². The molecule has 5 nitrogen and oxygen atoms in total. The third-order valence-electron chi connectivity index (χ3n) is 4.48. The Morgan fingerprint density at radius 1 is 1.07 bits per heavy atom. The Hall–Kier alpha value is -3.47. The van der Waals surface area contributed by atoms with E-state index in [1.807, 2.05) is 60.7 Å². The number of ether oxygens (including phenoxy) is 1. The summed E-state index contributed by atoms with van der Waals surface area (Å²) in [5.74, 6) is 1.30. The lowest BCUT2D eigenvalue weighted by Gasteiger charge is -2.17. The van der Waals surface area contributed by atoms with Crippen molar-refractivity contribution in [3.05, 3.63) is 90.1 Å². The quantitative estimate of drug-likeness (QED) is 0.550. The molecule has 27 heavy (non-hydrogen) atoms. The Balaban J connectivity index is 1.55. The number of furan rings is 2. The summed E-state index contributed by atoms with van der Waals surface area (Å²) < 4.78 is 16.3. The van der Waals surface area contributed by atoms with Crippen LogP contribution in [-0.2, 0) is 11.2 Å². The van der Waals surface area contributed by atoms with E-state index in [0.29, 0.717) is 11.3 Å². The summed E-state index contributed by atoms with van der Waals surface area (Å²) in [6.45, 7) is 0. The van der Waals surface area contributed by atoms with Crippen molar-refractivity contribution in [3.63, 3.8) is 0 Å². The molecule has 0 fully saturated rings. The fourth-order valence-corrected chi connectivity index (χ4v) is 3.13. The molecule has 4 rings (SSSR count). The molecule has 0 radical (unpaired) electrons. The van der Waals surface area contributed by atoms with Crippen LogP contribution in [0.15, 0.2) is 82.0 Å². The molecule has 0 saturated heterocycles. The standard InChI is InChI=1S/C22H19NO4/c1-25-17-9-10-18-16(14-27-20(18)13-17)12-21(24)23-22(19-8-5-11-26-19)15-6-3-2-4-7-15/h2-11,13-14,22H,12H2,1H3,(H,23,24). The Bertz CT molecular complexity index is 1030. The van der Waals surface area contributed by atoms with Crippen molar-refractivity contribution < 1.29 is 18.4 Å². The molecule has 1 N–H and O–H groups in total. The number of carbonyl (C=O) groups excluding carboxylic acids is 1. The van der Waals surface area contributed by atoms with Crippen LogP contribution in [0.25, 0.3) is 11.0 Å². The van der Waals surface area contributed by atoms with Crippen molar-refractivity contribution in [2.24, 2.45) is 0 Å². The van der Waals surface area contributed by atoms with Crippen LogP contribution in [0.1, 0.15) is 22.9 Å². The van der Waals surface area contributed by atoms with Gasteiger partial charge in [0, 0.05) is 17.0 Å². The SMILES string of the molecule is COc1ccc2c(CC(=O)NC(c3ccccc3)c3ccco3)coc2c1. The normalized spacial score (nSPS) is 12.0. The van der Waals surface area contributed by atoms with E-state index < -0.39 is 0 Å². The van der Waals surface area contributed by atoms with Crippen LogP contribution >= 0.6 is 0 Å². The summed E-state index contributed by atoms with van der Waals surface area (Å²) in [6.07, 6.45) is 3.44. The van der Waals surface area contributed by atoms with Gasteiger partial charge in [-0.25, -0.2) is 0 Å². The summed E-state index contributed by atoms with van der Waals surface area (Å²) in [6, 6.07) is 18.7. The van der Waals surface area contributed by atoms with Gasteiger partial charge in [0.2, 0.25) is 5.91 Å². The number of amides is 1. The molecule has 1 atom stereocenters. The zero-order valence-corrected chi connectivity index (χ0v) is 14.8. The first-order chi connectivity index (χ1) is 13.2. The molecule has 2 aromatic heterocycles. The highest BCUT2D eigenvalue weighted by molar-refractivity contribution is 5.88. The van der Waals surface area contributed by atoms with Crippen LogP contribution in [0, 0.1) is 0 Å². The number of nitrogens with one attached hydrogen (secondary N) is 1. The summed E-state index contributed by atoms with van der Waals surface area (Å²) >= 11 is 0. The number of rotatable bonds is 6. The topological polar surface area (TPSA) is 64.6 Å². The average molecular weight is 361 g/mol. The third-order valence-corrected chi connectivity index (χ3v) is 4.48. The van der Waals surface area contributed by atoms with Crippen molar-refractivity contribution >= 4 is 16.9 Å². The molecule has 0 bridgehead atoms. The van der Waals surface area contributed by atoms with E-state index in [1.54, 1.807) is 19.6 Å². The molecule has 4 aromatic rings. The van der Waals surface area contributed by atoms with E-state index in [-0.39, 0.29) is 18.4 Å². The predicted molar refractivity (Wildman–Crippen MR) is 102 cm³/mol. The number of fused-ring (bicyclic) bond motifs is 1. The lowest BCUT2D eigenvalue weighted by molar-refractivity contribution is -0.121. The van der Waals surface area contributed by atoms with E-state index >= 15 is 0 Å². The van der Waals surface area contributed by atoms with Gasteiger partial charge in [-0.3, -0.25) is 4.79 Å². The zero-order chi connectivity index (χ0) is 18.6. The predicted octanol–water partition coefficient (Wildman–Crippen LogP) is 4.48. The van der Waals surface area contributed by atoms with Gasteiger partial charge < -0.3 is 18.9 Å². The maximum Gasteiger partial charge on any atom is 0.225 e. The van der Waals surface area contributed by atoms with Crippen molar-refractivity contribution in [1.29, 1.82) is 0 Å². The molecule has 0 aliphatic rings. The van der Waals surface area contributed by atoms with Gasteiger partial charge in [0.15, 0.2) is 0 Å². The summed E-state index contributed by atoms with van der Waals surface area (Å²) in [7, 11) is 1.61. The van der Waals surface area contributed by atoms with Crippen molar-refractivity contribution in [2.75, 3.05) is 7.11 Å². The molecule has 1 amide bonds. The lowest BCUT2D eigenvalue weighted by atomic mass is 10.0. The van der Waals surface area contributed by atoms with Crippen molar-refractivity contribution in [1.82, 2.24) is 5.32 Å².